The molecule has 3 N–H and O–H groups in total. The van der Waals surface area contributed by atoms with Crippen molar-refractivity contribution in [3.05, 3.63) is 84.2 Å². The summed E-state index contributed by atoms with van der Waals surface area (Å²) in [5.41, 5.74) is 5.01. The molecule has 0 saturated carbocycles. The lowest BCUT2D eigenvalue weighted by Gasteiger charge is -2.32. The number of aryl methyl sites for hydroxylation is 1. The lowest BCUT2D eigenvalue weighted by molar-refractivity contribution is -0.0980. The summed E-state index contributed by atoms with van der Waals surface area (Å²) in [4.78, 5) is 30.0. The van der Waals surface area contributed by atoms with E-state index in [4.69, 9.17) is 9.53 Å². The highest BCUT2D eigenvalue weighted by molar-refractivity contribution is 6.04. The summed E-state index contributed by atoms with van der Waals surface area (Å²) in [6, 6.07) is 20.3. The number of hydrogen-bond acceptors (Lipinski definition) is 8. The van der Waals surface area contributed by atoms with Crippen LogP contribution in [0.5, 0.6) is 0 Å². The van der Waals surface area contributed by atoms with Crippen LogP contribution in [-0.2, 0) is 16.6 Å². The molecule has 0 aliphatic carbocycles. The largest absolute Gasteiger partial charge is 0.392 e. The number of benzene rings is 2. The first-order valence-electron chi connectivity index (χ1n) is 15.3. The monoisotopic (exact) mass is 616 g/mol. The zero-order chi connectivity index (χ0) is 32.8. The smallest absolute Gasteiger partial charge is 0.256 e. The van der Waals surface area contributed by atoms with Gasteiger partial charge in [-0.25, -0.2) is 4.98 Å². The minimum absolute atomic E-state index is 0.183. The number of ether oxygens (including phenoxy) is 1. The summed E-state index contributed by atoms with van der Waals surface area (Å²) in [6.45, 7) is 7.76. The Hall–Kier alpha value is -4.09. The van der Waals surface area contributed by atoms with Crippen LogP contribution in [0.25, 0.3) is 10.9 Å². The first kappa shape index (κ1) is 35.4. The second-order valence-electron chi connectivity index (χ2n) is 11.2. The Labute approximate surface area is 267 Å². The number of nitrogens with one attached hydrogen (secondary N) is 2. The maximum Gasteiger partial charge on any atom is 0.256 e. The van der Waals surface area contributed by atoms with E-state index in [0.29, 0.717) is 30.5 Å². The van der Waals surface area contributed by atoms with Gasteiger partial charge in [0, 0.05) is 73.5 Å². The van der Waals surface area contributed by atoms with Crippen molar-refractivity contribution in [1.29, 1.82) is 0 Å². The van der Waals surface area contributed by atoms with E-state index >= 15 is 0 Å². The molecule has 10 heteroatoms. The summed E-state index contributed by atoms with van der Waals surface area (Å²) < 4.78 is 7.49. The summed E-state index contributed by atoms with van der Waals surface area (Å²) in [7, 11) is 7.49. The van der Waals surface area contributed by atoms with Gasteiger partial charge >= 0.3 is 0 Å². The van der Waals surface area contributed by atoms with Gasteiger partial charge in [-0.15, -0.1) is 0 Å². The van der Waals surface area contributed by atoms with Crippen LogP contribution < -0.4 is 15.5 Å². The van der Waals surface area contributed by atoms with Crippen molar-refractivity contribution < 1.29 is 19.4 Å². The molecule has 5 rings (SSSR count). The number of hydrogen-bond donors (Lipinski definition) is 3. The number of β-amino-alcohol motifs (C(OH)–C–C–N with tert-alkyl or cyclic N) is 1. The molecule has 1 fully saturated rings. The summed E-state index contributed by atoms with van der Waals surface area (Å²) in [6.07, 6.45) is 5.61. The van der Waals surface area contributed by atoms with Gasteiger partial charge < -0.3 is 39.6 Å². The van der Waals surface area contributed by atoms with Crippen molar-refractivity contribution in [3.8, 4) is 0 Å². The van der Waals surface area contributed by atoms with Crippen molar-refractivity contribution in [2.45, 2.75) is 31.8 Å². The summed E-state index contributed by atoms with van der Waals surface area (Å²) >= 11 is 0. The van der Waals surface area contributed by atoms with Crippen LogP contribution in [0.4, 0.5) is 17.2 Å². The SMILES string of the molecule is C=O.CNC.COCCN(c1ccnc(NC(=O)c2ccc(C3CCN(CC(C)O)CC3)cc2)c1)c1ccc2c(ccn2C)c1. The standard InChI is InChI=1S/C32H39N5O3.C2H7N.CH2O/c1-23(38)22-36-16-12-25(13-17-36)24-4-6-26(7-5-24)32(39)34-31-21-29(10-14-33-31)37(18-19-40-3)28-8-9-30-27(20-28)11-15-35(30)2;1-3-2;1-2/h4-11,14-15,20-21,23,25,38H,12-13,16-19,22H2,1-3H3,(H,33,34,39);3H,1-2H3;1H2. The molecule has 1 amide bonds. The summed E-state index contributed by atoms with van der Waals surface area (Å²) in [5.74, 6) is 0.797. The van der Waals surface area contributed by atoms with Crippen molar-refractivity contribution in [3.63, 3.8) is 0 Å². The van der Waals surface area contributed by atoms with Crippen LogP contribution in [0.3, 0.4) is 0 Å². The van der Waals surface area contributed by atoms with Crippen LogP contribution in [0.1, 0.15) is 41.6 Å². The lowest BCUT2D eigenvalue weighted by Crippen LogP contribution is -2.37. The van der Waals surface area contributed by atoms with Crippen LogP contribution in [0, 0.1) is 0 Å². The van der Waals surface area contributed by atoms with Gasteiger partial charge in [0.1, 0.15) is 12.6 Å². The van der Waals surface area contributed by atoms with E-state index in [0.717, 1.165) is 43.9 Å². The maximum absolute atomic E-state index is 13.1. The lowest BCUT2D eigenvalue weighted by atomic mass is 9.89. The maximum atomic E-state index is 13.1. The van der Waals surface area contributed by atoms with Crippen molar-refractivity contribution in [2.24, 2.45) is 7.05 Å². The van der Waals surface area contributed by atoms with Crippen molar-refractivity contribution >= 4 is 40.8 Å². The molecule has 45 heavy (non-hydrogen) atoms. The average Bonchev–Trinajstić information content (AvgIpc) is 3.42. The topological polar surface area (TPSA) is 112 Å². The van der Waals surface area contributed by atoms with Gasteiger partial charge in [-0.2, -0.15) is 0 Å². The second kappa shape index (κ2) is 18.0. The van der Waals surface area contributed by atoms with Gasteiger partial charge in [0.15, 0.2) is 0 Å². The molecule has 2 aromatic carbocycles. The number of aromatic nitrogens is 2. The van der Waals surface area contributed by atoms with E-state index in [-0.39, 0.29) is 12.0 Å². The molecule has 1 atom stereocenters. The normalized spacial score (nSPS) is 14.1. The number of methoxy groups -OCH3 is 1. The highest BCUT2D eigenvalue weighted by atomic mass is 16.5. The summed E-state index contributed by atoms with van der Waals surface area (Å²) in [5, 5.41) is 16.5. The highest BCUT2D eigenvalue weighted by Gasteiger charge is 2.21. The number of nitrogens with zero attached hydrogens (tertiary/aromatic N) is 4. The first-order valence-corrected chi connectivity index (χ1v) is 15.3. The van der Waals surface area contributed by atoms with Gasteiger partial charge in [-0.1, -0.05) is 12.1 Å². The third-order valence-electron chi connectivity index (χ3n) is 7.75. The first-order chi connectivity index (χ1) is 21.8. The minimum Gasteiger partial charge on any atom is -0.392 e. The number of piperidine rings is 1. The number of fused-ring (bicyclic) bond motifs is 1. The Bertz CT molecular complexity index is 1460. The Morgan fingerprint density at radius 1 is 1.07 bits per heavy atom. The number of amides is 1. The molecule has 1 aliphatic rings. The molecular weight excluding hydrogens is 568 g/mol. The van der Waals surface area contributed by atoms with Gasteiger partial charge in [-0.3, -0.25) is 4.79 Å². The Morgan fingerprint density at radius 2 is 1.73 bits per heavy atom. The van der Waals surface area contributed by atoms with Gasteiger partial charge in [-0.05, 0) is 101 Å². The number of rotatable bonds is 10. The highest BCUT2D eigenvalue weighted by Crippen LogP contribution is 2.31. The fourth-order valence-corrected chi connectivity index (χ4v) is 5.60. The van der Waals surface area contributed by atoms with E-state index in [1.54, 1.807) is 13.3 Å². The fraction of sp³-hybridized carbons (Fsp3) is 0.400. The molecule has 1 saturated heterocycles. The van der Waals surface area contributed by atoms with E-state index in [1.165, 1.54) is 16.5 Å². The van der Waals surface area contributed by atoms with Gasteiger partial charge in [0.2, 0.25) is 0 Å². The minimum atomic E-state index is -0.295. The zero-order valence-corrected chi connectivity index (χ0v) is 27.2. The van der Waals surface area contributed by atoms with E-state index < -0.39 is 0 Å². The molecule has 0 radical (unpaired) electrons. The molecule has 4 aromatic rings. The Morgan fingerprint density at radius 3 is 2.38 bits per heavy atom. The van der Waals surface area contributed by atoms with E-state index in [2.05, 4.69) is 72.6 Å². The van der Waals surface area contributed by atoms with Crippen molar-refractivity contribution in [2.75, 3.05) is 64.2 Å². The Balaban J connectivity index is 0.00000104. The fourth-order valence-electron chi connectivity index (χ4n) is 5.60. The quantitative estimate of drug-likeness (QED) is 0.233. The number of carbonyl (C=O) groups is 2. The molecule has 0 bridgehead atoms. The Kier molecular flexibility index (Phi) is 14.2. The predicted octanol–water partition coefficient (Wildman–Crippen LogP) is 4.82. The average molecular weight is 617 g/mol. The number of carbonyl (C=O) groups excluding carboxylic acids is 2. The molecule has 242 valence electrons. The van der Waals surface area contributed by atoms with E-state index in [1.807, 2.05) is 59.1 Å². The molecule has 1 unspecified atom stereocenters. The molecule has 3 heterocycles. The third kappa shape index (κ3) is 9.95. The predicted molar refractivity (Wildman–Crippen MR) is 183 cm³/mol. The molecule has 1 aliphatic heterocycles. The van der Waals surface area contributed by atoms with Gasteiger partial charge in [0.25, 0.3) is 5.91 Å². The number of aliphatic hydroxyl groups is 1. The third-order valence-corrected chi connectivity index (χ3v) is 7.75. The number of likely N-dealkylation sites (tertiary alicyclic amines) is 1. The molecule has 2 aromatic heterocycles. The van der Waals surface area contributed by atoms with Gasteiger partial charge in [0.05, 0.1) is 12.7 Å². The van der Waals surface area contributed by atoms with Crippen LogP contribution in [0.2, 0.25) is 0 Å². The van der Waals surface area contributed by atoms with Crippen LogP contribution >= 0.6 is 0 Å². The molecular formula is C35H48N6O4. The molecule has 10 nitrogen and oxygen atoms in total. The van der Waals surface area contributed by atoms with E-state index in [9.17, 15) is 9.90 Å². The second-order valence-corrected chi connectivity index (χ2v) is 11.2. The van der Waals surface area contributed by atoms with Crippen molar-refractivity contribution in [1.82, 2.24) is 19.8 Å². The number of aliphatic hydroxyl groups excluding tert-OH is 1. The number of anilines is 3. The van der Waals surface area contributed by atoms with Crippen LogP contribution in [0.15, 0.2) is 73.1 Å². The zero-order valence-electron chi connectivity index (χ0n) is 27.2. The molecule has 0 spiro atoms. The van der Waals surface area contributed by atoms with Crippen LogP contribution in [-0.4, -0.2) is 92.3 Å². The number of pyridine rings is 1.